The van der Waals surface area contributed by atoms with Crippen molar-refractivity contribution in [3.8, 4) is 0 Å². The first kappa shape index (κ1) is 18.9. The highest BCUT2D eigenvalue weighted by molar-refractivity contribution is 5.78. The highest BCUT2D eigenvalue weighted by atomic mass is 19.4. The molecule has 2 aliphatic rings. The van der Waals surface area contributed by atoms with Crippen LogP contribution in [-0.4, -0.2) is 35.0 Å². The standard InChI is InChI=1S/C17H24F3N5O/c18-17(19,20)13-4-5-23-16(25-13)24-7-6-22-15(26)12-8-10-2-1-3-11(9-12)14(10)21/h4-5,10-12,14H,1-3,6-9,21H2,(H,22,26)(H,23,24,25). The number of nitrogens with two attached hydrogens (primary N) is 1. The number of hydrogen-bond acceptors (Lipinski definition) is 5. The number of amides is 1. The van der Waals surface area contributed by atoms with Crippen molar-refractivity contribution in [2.75, 3.05) is 18.4 Å². The molecule has 2 bridgehead atoms. The summed E-state index contributed by atoms with van der Waals surface area (Å²) in [6.07, 6.45) is 1.58. The molecule has 4 N–H and O–H groups in total. The number of aromatic nitrogens is 2. The van der Waals surface area contributed by atoms with Crippen LogP contribution < -0.4 is 16.4 Å². The number of rotatable bonds is 5. The van der Waals surface area contributed by atoms with Crippen LogP contribution in [0.3, 0.4) is 0 Å². The van der Waals surface area contributed by atoms with Crippen molar-refractivity contribution >= 4 is 11.9 Å². The van der Waals surface area contributed by atoms with Gasteiger partial charge < -0.3 is 16.4 Å². The van der Waals surface area contributed by atoms with Crippen molar-refractivity contribution in [2.24, 2.45) is 23.5 Å². The lowest BCUT2D eigenvalue weighted by Gasteiger charge is -2.43. The second-order valence-electron chi connectivity index (χ2n) is 7.18. The minimum absolute atomic E-state index is 0.000519. The van der Waals surface area contributed by atoms with E-state index in [-0.39, 0.29) is 30.4 Å². The normalized spacial score (nSPS) is 28.5. The van der Waals surface area contributed by atoms with Crippen molar-refractivity contribution in [3.05, 3.63) is 18.0 Å². The number of alkyl halides is 3. The van der Waals surface area contributed by atoms with Crippen molar-refractivity contribution < 1.29 is 18.0 Å². The Bertz CT molecular complexity index is 625. The monoisotopic (exact) mass is 371 g/mol. The molecule has 3 rings (SSSR count). The number of fused-ring (bicyclic) bond motifs is 2. The Hall–Kier alpha value is -1.90. The number of carbonyl (C=O) groups is 1. The predicted octanol–water partition coefficient (Wildman–Crippen LogP) is 2.18. The van der Waals surface area contributed by atoms with Gasteiger partial charge in [-0.05, 0) is 43.6 Å². The van der Waals surface area contributed by atoms with Crippen LogP contribution in [0.1, 0.15) is 37.8 Å². The van der Waals surface area contributed by atoms with Gasteiger partial charge in [0, 0.05) is 31.2 Å². The number of halogens is 3. The van der Waals surface area contributed by atoms with Gasteiger partial charge in [-0.15, -0.1) is 0 Å². The molecule has 2 fully saturated rings. The highest BCUT2D eigenvalue weighted by Gasteiger charge is 2.40. The Morgan fingerprint density at radius 1 is 1.23 bits per heavy atom. The van der Waals surface area contributed by atoms with Gasteiger partial charge in [0.1, 0.15) is 5.69 Å². The first-order valence-electron chi connectivity index (χ1n) is 9.02. The molecule has 2 saturated carbocycles. The zero-order valence-electron chi connectivity index (χ0n) is 14.4. The van der Waals surface area contributed by atoms with Gasteiger partial charge >= 0.3 is 6.18 Å². The van der Waals surface area contributed by atoms with Crippen LogP contribution in [0.4, 0.5) is 19.1 Å². The summed E-state index contributed by atoms with van der Waals surface area (Å²) in [7, 11) is 0. The molecule has 0 aromatic carbocycles. The van der Waals surface area contributed by atoms with E-state index < -0.39 is 11.9 Å². The van der Waals surface area contributed by atoms with Crippen LogP contribution >= 0.6 is 0 Å². The van der Waals surface area contributed by atoms with Crippen molar-refractivity contribution in [2.45, 2.75) is 44.3 Å². The van der Waals surface area contributed by atoms with E-state index >= 15 is 0 Å². The summed E-state index contributed by atoms with van der Waals surface area (Å²) in [5.74, 6) is 0.729. The second-order valence-corrected chi connectivity index (χ2v) is 7.18. The molecule has 0 radical (unpaired) electrons. The Labute approximate surface area is 150 Å². The van der Waals surface area contributed by atoms with Gasteiger partial charge in [-0.3, -0.25) is 4.79 Å². The molecule has 0 saturated heterocycles. The molecule has 26 heavy (non-hydrogen) atoms. The van der Waals surface area contributed by atoms with Crippen LogP contribution in [0.5, 0.6) is 0 Å². The van der Waals surface area contributed by atoms with Crippen LogP contribution in [0.15, 0.2) is 12.3 Å². The number of nitrogens with one attached hydrogen (secondary N) is 2. The lowest BCUT2D eigenvalue weighted by atomic mass is 9.65. The van der Waals surface area contributed by atoms with Gasteiger partial charge in [0.25, 0.3) is 0 Å². The molecule has 1 amide bonds. The maximum Gasteiger partial charge on any atom is 0.433 e. The molecule has 0 aliphatic heterocycles. The summed E-state index contributed by atoms with van der Waals surface area (Å²) in [4.78, 5) is 19.6. The van der Waals surface area contributed by atoms with E-state index in [4.69, 9.17) is 5.73 Å². The van der Waals surface area contributed by atoms with Gasteiger partial charge in [-0.2, -0.15) is 13.2 Å². The fourth-order valence-electron chi connectivity index (χ4n) is 4.11. The van der Waals surface area contributed by atoms with E-state index in [1.807, 2.05) is 0 Å². The SMILES string of the molecule is NC1C2CCCC1CC(C(=O)NCCNc1nccc(C(F)(F)F)n1)C2. The largest absolute Gasteiger partial charge is 0.433 e. The third kappa shape index (κ3) is 4.44. The number of anilines is 1. The Morgan fingerprint density at radius 2 is 1.92 bits per heavy atom. The van der Waals surface area contributed by atoms with Crippen LogP contribution in [-0.2, 0) is 11.0 Å². The molecule has 9 heteroatoms. The minimum atomic E-state index is -4.51. The van der Waals surface area contributed by atoms with Gasteiger partial charge in [0.15, 0.2) is 0 Å². The van der Waals surface area contributed by atoms with Gasteiger partial charge in [-0.25, -0.2) is 9.97 Å². The summed E-state index contributed by atoms with van der Waals surface area (Å²) in [6, 6.07) is 1.03. The molecule has 1 heterocycles. The first-order valence-corrected chi connectivity index (χ1v) is 9.02. The quantitative estimate of drug-likeness (QED) is 0.690. The van der Waals surface area contributed by atoms with Crippen molar-refractivity contribution in [3.63, 3.8) is 0 Å². The summed E-state index contributed by atoms with van der Waals surface area (Å²) < 4.78 is 37.8. The number of nitrogens with zero attached hydrogens (tertiary/aromatic N) is 2. The molecule has 2 atom stereocenters. The molecule has 2 unspecified atom stereocenters. The zero-order valence-corrected chi connectivity index (χ0v) is 14.4. The number of hydrogen-bond donors (Lipinski definition) is 3. The van der Waals surface area contributed by atoms with E-state index in [1.165, 1.54) is 6.42 Å². The summed E-state index contributed by atoms with van der Waals surface area (Å²) in [6.45, 7) is 0.558. The zero-order chi connectivity index (χ0) is 18.7. The van der Waals surface area contributed by atoms with Crippen LogP contribution in [0, 0.1) is 17.8 Å². The fraction of sp³-hybridized carbons (Fsp3) is 0.706. The van der Waals surface area contributed by atoms with Gasteiger partial charge in [0.05, 0.1) is 0 Å². The second kappa shape index (κ2) is 7.77. The first-order chi connectivity index (χ1) is 12.3. The average Bonchev–Trinajstić information content (AvgIpc) is 2.58. The van der Waals surface area contributed by atoms with Crippen molar-refractivity contribution in [1.82, 2.24) is 15.3 Å². The minimum Gasteiger partial charge on any atom is -0.354 e. The molecule has 6 nitrogen and oxygen atoms in total. The lowest BCUT2D eigenvalue weighted by Crippen LogP contribution is -2.49. The topological polar surface area (TPSA) is 92.9 Å². The molecule has 1 aromatic heterocycles. The summed E-state index contributed by atoms with van der Waals surface area (Å²) in [5.41, 5.74) is 5.24. The fourth-order valence-corrected chi connectivity index (χ4v) is 4.11. The van der Waals surface area contributed by atoms with E-state index in [2.05, 4.69) is 20.6 Å². The molecular formula is C17H24F3N5O. The van der Waals surface area contributed by atoms with E-state index in [9.17, 15) is 18.0 Å². The molecular weight excluding hydrogens is 347 g/mol. The van der Waals surface area contributed by atoms with Crippen LogP contribution in [0.2, 0.25) is 0 Å². The number of carbonyl (C=O) groups excluding carboxylic acids is 1. The lowest BCUT2D eigenvalue weighted by molar-refractivity contribution is -0.141. The molecule has 144 valence electrons. The maximum atomic E-state index is 12.6. The summed E-state index contributed by atoms with van der Waals surface area (Å²) >= 11 is 0. The molecule has 2 aliphatic carbocycles. The van der Waals surface area contributed by atoms with Crippen molar-refractivity contribution in [1.29, 1.82) is 0 Å². The van der Waals surface area contributed by atoms with Crippen LogP contribution in [0.25, 0.3) is 0 Å². The summed E-state index contributed by atoms with van der Waals surface area (Å²) in [5, 5.41) is 5.56. The Balaban J connectivity index is 1.43. The highest BCUT2D eigenvalue weighted by Crippen LogP contribution is 2.41. The van der Waals surface area contributed by atoms with E-state index in [1.54, 1.807) is 0 Å². The van der Waals surface area contributed by atoms with E-state index in [0.717, 1.165) is 37.9 Å². The molecule has 0 spiro atoms. The third-order valence-corrected chi connectivity index (χ3v) is 5.44. The van der Waals surface area contributed by atoms with Gasteiger partial charge in [0.2, 0.25) is 11.9 Å². The van der Waals surface area contributed by atoms with Gasteiger partial charge in [-0.1, -0.05) is 6.42 Å². The van der Waals surface area contributed by atoms with E-state index in [0.29, 0.717) is 18.4 Å². The third-order valence-electron chi connectivity index (χ3n) is 5.44. The average molecular weight is 371 g/mol. The maximum absolute atomic E-state index is 12.6. The predicted molar refractivity (Wildman–Crippen MR) is 90.1 cm³/mol. The Morgan fingerprint density at radius 3 is 2.58 bits per heavy atom. The Kier molecular flexibility index (Phi) is 5.64. The molecule has 1 aromatic rings. The smallest absolute Gasteiger partial charge is 0.354 e.